The van der Waals surface area contributed by atoms with Crippen LogP contribution in [0, 0.1) is 11.3 Å². The molecule has 0 spiro atoms. The summed E-state index contributed by atoms with van der Waals surface area (Å²) in [5.41, 5.74) is 2.48. The molecule has 3 rings (SSSR count). The summed E-state index contributed by atoms with van der Waals surface area (Å²) in [6.07, 6.45) is 3.31. The van der Waals surface area contributed by atoms with Gasteiger partial charge in [0, 0.05) is 0 Å². The van der Waals surface area contributed by atoms with Crippen LogP contribution in [0.2, 0.25) is 0 Å². The number of benzene rings is 1. The van der Waals surface area contributed by atoms with Gasteiger partial charge in [-0.3, -0.25) is 4.90 Å². The highest BCUT2D eigenvalue weighted by Crippen LogP contribution is 2.30. The summed E-state index contributed by atoms with van der Waals surface area (Å²) in [6, 6.07) is 9.80. The Morgan fingerprint density at radius 2 is 2.12 bits per heavy atom. The summed E-state index contributed by atoms with van der Waals surface area (Å²) < 4.78 is 11.2. The van der Waals surface area contributed by atoms with Gasteiger partial charge < -0.3 is 9.47 Å². The fraction of sp³-hybridized carbons (Fsp3) is 0.500. The van der Waals surface area contributed by atoms with Gasteiger partial charge in [-0.15, -0.1) is 0 Å². The quantitative estimate of drug-likeness (QED) is 0.774. The van der Waals surface area contributed by atoms with E-state index < -0.39 is 5.60 Å². The number of carbonyl (C=O) groups is 1. The van der Waals surface area contributed by atoms with Crippen LogP contribution in [0.1, 0.15) is 38.3 Å². The zero-order valence-corrected chi connectivity index (χ0v) is 15.0. The molecule has 2 heterocycles. The van der Waals surface area contributed by atoms with Crippen molar-refractivity contribution in [2.45, 2.75) is 51.3 Å². The summed E-state index contributed by atoms with van der Waals surface area (Å²) in [5, 5.41) is 9.27. The second-order valence-corrected chi connectivity index (χ2v) is 7.62. The molecule has 2 unspecified atom stereocenters. The Morgan fingerprint density at radius 1 is 1.36 bits per heavy atom. The minimum Gasteiger partial charge on any atom is -0.444 e. The molecule has 2 aliphatic heterocycles. The van der Waals surface area contributed by atoms with Crippen molar-refractivity contribution in [1.82, 2.24) is 4.90 Å². The standard InChI is InChI=1S/C20H24N2O3/c1-20(2,3)25-19(23)22-17-9-14(10-18(22)13-24-12-17)8-15-6-4-5-7-16(15)11-21/h4-7,9,17-18H,8,10,12-13H2,1-3H3. The first-order chi connectivity index (χ1) is 11.9. The number of ether oxygens (including phenoxy) is 2. The van der Waals surface area contributed by atoms with Gasteiger partial charge in [-0.1, -0.05) is 29.8 Å². The van der Waals surface area contributed by atoms with E-state index in [-0.39, 0.29) is 18.2 Å². The van der Waals surface area contributed by atoms with Crippen LogP contribution in [0.3, 0.4) is 0 Å². The number of morpholine rings is 1. The average Bonchev–Trinajstić information content (AvgIpc) is 2.53. The van der Waals surface area contributed by atoms with Crippen LogP contribution in [0.25, 0.3) is 0 Å². The van der Waals surface area contributed by atoms with Crippen LogP contribution >= 0.6 is 0 Å². The highest BCUT2D eigenvalue weighted by Gasteiger charge is 2.39. The summed E-state index contributed by atoms with van der Waals surface area (Å²) in [6.45, 7) is 6.63. The lowest BCUT2D eigenvalue weighted by atomic mass is 9.89. The predicted molar refractivity (Wildman–Crippen MR) is 94.0 cm³/mol. The molecule has 1 fully saturated rings. The molecule has 0 radical (unpaired) electrons. The molecular weight excluding hydrogens is 316 g/mol. The monoisotopic (exact) mass is 340 g/mol. The Kier molecular flexibility index (Phi) is 4.82. The molecule has 0 saturated carbocycles. The number of fused-ring (bicyclic) bond motifs is 2. The Morgan fingerprint density at radius 3 is 2.80 bits per heavy atom. The number of carbonyl (C=O) groups excluding carboxylic acids is 1. The molecule has 1 amide bonds. The normalized spacial score (nSPS) is 22.8. The van der Waals surface area contributed by atoms with Gasteiger partial charge in [0.05, 0.1) is 36.9 Å². The van der Waals surface area contributed by atoms with Crippen molar-refractivity contribution in [2.24, 2.45) is 0 Å². The highest BCUT2D eigenvalue weighted by molar-refractivity contribution is 5.70. The first-order valence-electron chi connectivity index (χ1n) is 8.64. The molecule has 1 aromatic rings. The van der Waals surface area contributed by atoms with Crippen molar-refractivity contribution in [3.63, 3.8) is 0 Å². The maximum atomic E-state index is 12.6. The lowest BCUT2D eigenvalue weighted by Crippen LogP contribution is -2.57. The van der Waals surface area contributed by atoms with E-state index in [4.69, 9.17) is 9.47 Å². The average molecular weight is 340 g/mol. The summed E-state index contributed by atoms with van der Waals surface area (Å²) >= 11 is 0. The SMILES string of the molecule is CC(C)(C)OC(=O)N1C2C=C(Cc3ccccc3C#N)CC1COC2. The van der Waals surface area contributed by atoms with E-state index in [1.165, 1.54) is 5.57 Å². The van der Waals surface area contributed by atoms with Crippen LogP contribution in [-0.4, -0.2) is 41.9 Å². The van der Waals surface area contributed by atoms with Gasteiger partial charge >= 0.3 is 6.09 Å². The predicted octanol–water partition coefficient (Wildman–Crippen LogP) is 3.44. The van der Waals surface area contributed by atoms with E-state index in [1.807, 2.05) is 49.9 Å². The summed E-state index contributed by atoms with van der Waals surface area (Å²) in [5.74, 6) is 0. The number of nitrogens with zero attached hydrogens (tertiary/aromatic N) is 2. The molecule has 25 heavy (non-hydrogen) atoms. The summed E-state index contributed by atoms with van der Waals surface area (Å²) in [7, 11) is 0. The third-order valence-electron chi connectivity index (χ3n) is 4.44. The van der Waals surface area contributed by atoms with Gasteiger partial charge in [0.1, 0.15) is 5.60 Å². The zero-order chi connectivity index (χ0) is 18.0. The van der Waals surface area contributed by atoms with Crippen molar-refractivity contribution >= 4 is 6.09 Å². The van der Waals surface area contributed by atoms with Crippen LogP contribution in [0.5, 0.6) is 0 Å². The van der Waals surface area contributed by atoms with Gasteiger partial charge in [0.25, 0.3) is 0 Å². The minimum absolute atomic E-state index is 0.0113. The van der Waals surface area contributed by atoms with Crippen LogP contribution in [-0.2, 0) is 15.9 Å². The molecule has 5 heteroatoms. The fourth-order valence-corrected chi connectivity index (χ4v) is 3.44. The van der Waals surface area contributed by atoms with Crippen molar-refractivity contribution in [3.8, 4) is 6.07 Å². The number of hydrogen-bond donors (Lipinski definition) is 0. The number of hydrogen-bond acceptors (Lipinski definition) is 4. The van der Waals surface area contributed by atoms with Gasteiger partial charge in [0.15, 0.2) is 0 Å². The Hall–Kier alpha value is -2.32. The second-order valence-electron chi connectivity index (χ2n) is 7.62. The van der Waals surface area contributed by atoms with Crippen molar-refractivity contribution in [3.05, 3.63) is 47.0 Å². The third kappa shape index (κ3) is 4.02. The molecule has 132 valence electrons. The van der Waals surface area contributed by atoms with Crippen molar-refractivity contribution in [2.75, 3.05) is 13.2 Å². The topological polar surface area (TPSA) is 62.6 Å². The molecule has 5 nitrogen and oxygen atoms in total. The van der Waals surface area contributed by atoms with E-state index in [9.17, 15) is 10.1 Å². The van der Waals surface area contributed by atoms with Crippen LogP contribution in [0.15, 0.2) is 35.9 Å². The highest BCUT2D eigenvalue weighted by atomic mass is 16.6. The zero-order valence-electron chi connectivity index (χ0n) is 15.0. The van der Waals surface area contributed by atoms with Crippen molar-refractivity contribution < 1.29 is 14.3 Å². The Balaban J connectivity index is 1.79. The lowest BCUT2D eigenvalue weighted by molar-refractivity contribution is -0.0536. The van der Waals surface area contributed by atoms with Crippen LogP contribution < -0.4 is 0 Å². The Bertz CT molecular complexity index is 727. The molecule has 0 N–H and O–H groups in total. The lowest BCUT2D eigenvalue weighted by Gasteiger charge is -2.44. The fourth-order valence-electron chi connectivity index (χ4n) is 3.44. The molecule has 2 bridgehead atoms. The van der Waals surface area contributed by atoms with E-state index in [2.05, 4.69) is 12.1 Å². The number of amides is 1. The molecule has 2 atom stereocenters. The van der Waals surface area contributed by atoms with E-state index in [1.54, 1.807) is 0 Å². The third-order valence-corrected chi connectivity index (χ3v) is 4.44. The first kappa shape index (κ1) is 17.5. The number of rotatable bonds is 2. The maximum absolute atomic E-state index is 12.6. The van der Waals surface area contributed by atoms with Crippen molar-refractivity contribution in [1.29, 1.82) is 5.26 Å². The van der Waals surface area contributed by atoms with E-state index >= 15 is 0 Å². The number of nitriles is 1. The van der Waals surface area contributed by atoms with E-state index in [0.29, 0.717) is 18.8 Å². The molecular formula is C20H24N2O3. The van der Waals surface area contributed by atoms with Gasteiger partial charge in [-0.25, -0.2) is 4.79 Å². The molecule has 0 aliphatic carbocycles. The first-order valence-corrected chi connectivity index (χ1v) is 8.64. The largest absolute Gasteiger partial charge is 0.444 e. The van der Waals surface area contributed by atoms with Gasteiger partial charge in [-0.05, 0) is 45.2 Å². The van der Waals surface area contributed by atoms with Crippen LogP contribution in [0.4, 0.5) is 4.79 Å². The van der Waals surface area contributed by atoms with Gasteiger partial charge in [0.2, 0.25) is 0 Å². The van der Waals surface area contributed by atoms with Gasteiger partial charge in [-0.2, -0.15) is 5.26 Å². The smallest absolute Gasteiger partial charge is 0.411 e. The molecule has 0 aromatic heterocycles. The van der Waals surface area contributed by atoms with E-state index in [0.717, 1.165) is 18.4 Å². The molecule has 2 aliphatic rings. The molecule has 1 aromatic carbocycles. The molecule has 1 saturated heterocycles. The summed E-state index contributed by atoms with van der Waals surface area (Å²) in [4.78, 5) is 14.4. The maximum Gasteiger partial charge on any atom is 0.411 e. The minimum atomic E-state index is -0.512. The Labute approximate surface area is 148 Å². The second kappa shape index (κ2) is 6.89.